The summed E-state index contributed by atoms with van der Waals surface area (Å²) < 4.78 is 24.5. The number of carbonyl (C=O) groups excluding carboxylic acids is 1. The lowest BCUT2D eigenvalue weighted by molar-refractivity contribution is -0.0658. The minimum atomic E-state index is -2.02. The Bertz CT molecular complexity index is 1300. The summed E-state index contributed by atoms with van der Waals surface area (Å²) >= 11 is 0. The molecule has 6 nitrogen and oxygen atoms in total. The summed E-state index contributed by atoms with van der Waals surface area (Å²) in [5.41, 5.74) is 3.11. The second kappa shape index (κ2) is 15.9. The number of aliphatic hydroxyl groups excluding tert-OH is 1. The van der Waals surface area contributed by atoms with E-state index in [0.29, 0.717) is 11.8 Å². The van der Waals surface area contributed by atoms with Crippen LogP contribution >= 0.6 is 0 Å². The van der Waals surface area contributed by atoms with Gasteiger partial charge in [-0.15, -0.1) is 0 Å². The molecule has 0 saturated heterocycles. The zero-order chi connectivity index (χ0) is 38.1. The van der Waals surface area contributed by atoms with Crippen LogP contribution in [0.1, 0.15) is 121 Å². The smallest absolute Gasteiger partial charge is 0.435 e. The average Bonchev–Trinajstić information content (AvgIpc) is 3.32. The van der Waals surface area contributed by atoms with Crippen LogP contribution in [0.25, 0.3) is 0 Å². The second-order valence-electron chi connectivity index (χ2n) is 19.4. The fraction of sp³-hybridized carbons (Fsp3) is 0.786. The highest BCUT2D eigenvalue weighted by Gasteiger charge is 2.50. The normalized spacial score (nSPS) is 30.1. The molecule has 0 unspecified atom stereocenters. The van der Waals surface area contributed by atoms with Crippen molar-refractivity contribution in [3.05, 3.63) is 47.6 Å². The van der Waals surface area contributed by atoms with Gasteiger partial charge in [-0.2, -0.15) is 0 Å². The number of rotatable bonds is 11. The van der Waals surface area contributed by atoms with Crippen molar-refractivity contribution in [3.8, 4) is 0 Å². The number of aliphatic hydroxyl groups is 1. The lowest BCUT2D eigenvalue weighted by Gasteiger charge is -2.45. The van der Waals surface area contributed by atoms with E-state index in [1.54, 1.807) is 26.3 Å². The number of fused-ring (bicyclic) bond motifs is 1. The largest absolute Gasteiger partial charge is 0.508 e. The minimum Gasteiger partial charge on any atom is -0.435 e. The van der Waals surface area contributed by atoms with Crippen molar-refractivity contribution in [1.82, 2.24) is 0 Å². The third-order valence-electron chi connectivity index (χ3n) is 13.3. The molecule has 0 spiro atoms. The molecule has 0 aromatic heterocycles. The average molecular weight is 731 g/mol. The first-order valence-corrected chi connectivity index (χ1v) is 25.2. The molecule has 50 heavy (non-hydrogen) atoms. The monoisotopic (exact) mass is 731 g/mol. The molecule has 0 amide bonds. The predicted octanol–water partition coefficient (Wildman–Crippen LogP) is 11.7. The fourth-order valence-electron chi connectivity index (χ4n) is 7.98. The maximum atomic E-state index is 11.9. The lowest BCUT2D eigenvalue weighted by Crippen LogP contribution is -2.49. The molecule has 0 aliphatic heterocycles. The SMILES string of the molecule is C=C1/C(=C/C=C2\CCC[C@]3(C)[C@@H]([C@H](C)/C=C/[C@@H](O)C(C)(C)OC(=O)OCC)CC[C@@H]23)C[C@@H](O[Si](C)(C)C(C)(C)C)C[C@@H]1O[Si](C)(C)C(C)(C)C. The van der Waals surface area contributed by atoms with Gasteiger partial charge in [0.1, 0.15) is 11.7 Å². The summed E-state index contributed by atoms with van der Waals surface area (Å²) in [5, 5.41) is 11.2. The Hall–Kier alpha value is -1.46. The van der Waals surface area contributed by atoms with Crippen molar-refractivity contribution in [1.29, 1.82) is 0 Å². The Morgan fingerprint density at radius 2 is 1.58 bits per heavy atom. The van der Waals surface area contributed by atoms with Gasteiger partial charge in [0.15, 0.2) is 16.6 Å². The Morgan fingerprint density at radius 1 is 0.980 bits per heavy atom. The number of allylic oxidation sites excluding steroid dienone is 4. The molecule has 0 aromatic rings. The van der Waals surface area contributed by atoms with E-state index in [1.807, 2.05) is 6.08 Å². The Labute approximate surface area is 308 Å². The van der Waals surface area contributed by atoms with Crippen molar-refractivity contribution < 1.29 is 28.2 Å². The quantitative estimate of drug-likeness (QED) is 0.130. The molecule has 0 aromatic carbocycles. The summed E-state index contributed by atoms with van der Waals surface area (Å²) in [6.07, 6.45) is 14.8. The molecule has 1 N–H and O–H groups in total. The molecule has 0 radical (unpaired) electrons. The number of hydrogen-bond acceptors (Lipinski definition) is 6. The summed E-state index contributed by atoms with van der Waals surface area (Å²) in [7, 11) is -3.99. The third-order valence-corrected chi connectivity index (χ3v) is 22.3. The standard InChI is InChI=1S/C42H74O6Si2/c1-17-45-38(44)46-41(10,11)37(43)25-20-29(2)34-23-24-35-31(19-18-26-42(34,35)12)21-22-32-27-33(47-49(13,14)39(4,5)6)28-36(30(32)3)48-50(15,16)40(7,8)9/h20-22,25,29,33-37,43H,3,17-19,23-24,26-28H2,1-2,4-16H3/b25-20+,31-21+,32-22+/t29-,33-,34-,35+,36+,37-,42-/m1/s1. The van der Waals surface area contributed by atoms with Crippen molar-refractivity contribution in [2.45, 2.75) is 181 Å². The van der Waals surface area contributed by atoms with Gasteiger partial charge in [-0.1, -0.05) is 91.8 Å². The van der Waals surface area contributed by atoms with Crippen molar-refractivity contribution in [2.75, 3.05) is 6.61 Å². The molecule has 3 rings (SSSR count). The van der Waals surface area contributed by atoms with Gasteiger partial charge in [0.2, 0.25) is 0 Å². The van der Waals surface area contributed by atoms with Crippen LogP contribution in [0.3, 0.4) is 0 Å². The van der Waals surface area contributed by atoms with Gasteiger partial charge in [-0.25, -0.2) is 4.79 Å². The third kappa shape index (κ3) is 9.94. The van der Waals surface area contributed by atoms with E-state index in [4.69, 9.17) is 18.3 Å². The van der Waals surface area contributed by atoms with E-state index in [0.717, 1.165) is 31.3 Å². The zero-order valence-electron chi connectivity index (χ0n) is 34.6. The van der Waals surface area contributed by atoms with E-state index in [-0.39, 0.29) is 40.2 Å². The summed E-state index contributed by atoms with van der Waals surface area (Å²) in [6, 6.07) is 0. The van der Waals surface area contributed by atoms with Crippen molar-refractivity contribution >= 4 is 22.8 Å². The topological polar surface area (TPSA) is 74.2 Å². The minimum absolute atomic E-state index is 0.0211. The highest BCUT2D eigenvalue weighted by Crippen LogP contribution is 2.59. The predicted molar refractivity (Wildman–Crippen MR) is 213 cm³/mol. The first-order chi connectivity index (χ1) is 22.8. The molecule has 0 heterocycles. The van der Waals surface area contributed by atoms with Gasteiger partial charge in [-0.3, -0.25) is 0 Å². The maximum Gasteiger partial charge on any atom is 0.508 e. The van der Waals surface area contributed by atoms with E-state index in [9.17, 15) is 9.90 Å². The van der Waals surface area contributed by atoms with Crippen LogP contribution < -0.4 is 0 Å². The summed E-state index contributed by atoms with van der Waals surface area (Å²) in [6.45, 7) is 38.2. The highest BCUT2D eigenvalue weighted by molar-refractivity contribution is 6.74. The van der Waals surface area contributed by atoms with Gasteiger partial charge in [0.25, 0.3) is 0 Å². The molecule has 3 aliphatic carbocycles. The first-order valence-electron chi connectivity index (χ1n) is 19.4. The molecule has 7 atom stereocenters. The van der Waals surface area contributed by atoms with Crippen LogP contribution in [0.2, 0.25) is 36.3 Å². The van der Waals surface area contributed by atoms with Crippen LogP contribution in [-0.4, -0.2) is 58.4 Å². The van der Waals surface area contributed by atoms with E-state index in [2.05, 4.69) is 106 Å². The van der Waals surface area contributed by atoms with Gasteiger partial charge in [-0.05, 0) is 130 Å². The van der Waals surface area contributed by atoms with Crippen LogP contribution in [-0.2, 0) is 18.3 Å². The van der Waals surface area contributed by atoms with E-state index >= 15 is 0 Å². The second-order valence-corrected chi connectivity index (χ2v) is 29.0. The number of ether oxygens (including phenoxy) is 2. The molecule has 3 fully saturated rings. The summed E-state index contributed by atoms with van der Waals surface area (Å²) in [5.74, 6) is 1.34. The zero-order valence-corrected chi connectivity index (χ0v) is 36.6. The Morgan fingerprint density at radius 3 is 2.16 bits per heavy atom. The van der Waals surface area contributed by atoms with E-state index in [1.165, 1.54) is 24.8 Å². The highest BCUT2D eigenvalue weighted by atomic mass is 28.4. The molecular weight excluding hydrogens is 657 g/mol. The lowest BCUT2D eigenvalue weighted by atomic mass is 9.61. The maximum absolute atomic E-state index is 11.9. The molecule has 3 saturated carbocycles. The van der Waals surface area contributed by atoms with Crippen LogP contribution in [0.5, 0.6) is 0 Å². The Kier molecular flexibility index (Phi) is 13.6. The van der Waals surface area contributed by atoms with Crippen LogP contribution in [0.15, 0.2) is 47.6 Å². The van der Waals surface area contributed by atoms with Crippen LogP contribution in [0.4, 0.5) is 4.79 Å². The van der Waals surface area contributed by atoms with Crippen molar-refractivity contribution in [3.63, 3.8) is 0 Å². The van der Waals surface area contributed by atoms with Gasteiger partial charge in [0, 0.05) is 6.42 Å². The van der Waals surface area contributed by atoms with E-state index < -0.39 is 34.5 Å². The summed E-state index contributed by atoms with van der Waals surface area (Å²) in [4.78, 5) is 11.9. The van der Waals surface area contributed by atoms with Crippen LogP contribution in [0, 0.1) is 23.2 Å². The molecular formula is C42H74O6Si2. The number of carbonyl (C=O) groups is 1. The molecule has 3 aliphatic rings. The molecule has 286 valence electrons. The van der Waals surface area contributed by atoms with Crippen molar-refractivity contribution in [2.24, 2.45) is 23.2 Å². The fourth-order valence-corrected chi connectivity index (χ4v) is 10.6. The van der Waals surface area contributed by atoms with Gasteiger partial charge < -0.3 is 23.4 Å². The molecule has 0 bridgehead atoms. The molecule has 8 heteroatoms. The number of hydrogen-bond donors (Lipinski definition) is 1. The van der Waals surface area contributed by atoms with Gasteiger partial charge >= 0.3 is 6.16 Å². The first kappa shape index (κ1) is 43.0. The van der Waals surface area contributed by atoms with Gasteiger partial charge in [0.05, 0.1) is 18.8 Å². The Balaban J connectivity index is 1.85.